The minimum Gasteiger partial charge on any atom is -0.480 e. The summed E-state index contributed by atoms with van der Waals surface area (Å²) in [6.45, 7) is 6.84. The van der Waals surface area contributed by atoms with Gasteiger partial charge in [0.25, 0.3) is 0 Å². The molecule has 13 heavy (non-hydrogen) atoms. The molecule has 0 aliphatic rings. The predicted molar refractivity (Wildman–Crippen MR) is 50.6 cm³/mol. The van der Waals surface area contributed by atoms with Crippen LogP contribution in [0.4, 0.5) is 0 Å². The molecule has 0 saturated heterocycles. The van der Waals surface area contributed by atoms with E-state index < -0.39 is 12.1 Å². The van der Waals surface area contributed by atoms with Crippen molar-refractivity contribution in [2.45, 2.75) is 26.9 Å². The minimum atomic E-state index is -0.846. The standard InChI is InChI=1S/C9H19NO3/c1-7(2)4-10(5-8(3)11)6-9(12)13/h7-8,11H,4-6H2,1-3H3,(H,12,13). The summed E-state index contributed by atoms with van der Waals surface area (Å²) < 4.78 is 0. The van der Waals surface area contributed by atoms with E-state index in [0.29, 0.717) is 19.0 Å². The van der Waals surface area contributed by atoms with Gasteiger partial charge in [0.1, 0.15) is 0 Å². The lowest BCUT2D eigenvalue weighted by Crippen LogP contribution is -2.37. The van der Waals surface area contributed by atoms with Gasteiger partial charge < -0.3 is 10.2 Å². The van der Waals surface area contributed by atoms with Crippen molar-refractivity contribution in [1.82, 2.24) is 4.90 Å². The third-order valence-corrected chi connectivity index (χ3v) is 1.50. The van der Waals surface area contributed by atoms with E-state index in [1.807, 2.05) is 13.8 Å². The van der Waals surface area contributed by atoms with E-state index in [9.17, 15) is 4.79 Å². The van der Waals surface area contributed by atoms with Crippen LogP contribution < -0.4 is 0 Å². The Morgan fingerprint density at radius 3 is 2.15 bits per heavy atom. The Hall–Kier alpha value is -0.610. The monoisotopic (exact) mass is 189 g/mol. The van der Waals surface area contributed by atoms with Crippen LogP contribution in [0, 0.1) is 5.92 Å². The lowest BCUT2D eigenvalue weighted by molar-refractivity contribution is -0.138. The van der Waals surface area contributed by atoms with E-state index in [4.69, 9.17) is 10.2 Å². The summed E-state index contributed by atoms with van der Waals surface area (Å²) in [5.74, 6) is -0.431. The Balaban J connectivity index is 3.95. The molecule has 1 unspecified atom stereocenters. The number of aliphatic hydroxyl groups excluding tert-OH is 1. The van der Waals surface area contributed by atoms with Crippen LogP contribution in [0.25, 0.3) is 0 Å². The van der Waals surface area contributed by atoms with Gasteiger partial charge in [0, 0.05) is 13.1 Å². The highest BCUT2D eigenvalue weighted by Gasteiger charge is 2.12. The molecular weight excluding hydrogens is 170 g/mol. The van der Waals surface area contributed by atoms with Crippen molar-refractivity contribution in [3.05, 3.63) is 0 Å². The van der Waals surface area contributed by atoms with Crippen molar-refractivity contribution in [2.75, 3.05) is 19.6 Å². The van der Waals surface area contributed by atoms with Crippen LogP contribution in [0.5, 0.6) is 0 Å². The van der Waals surface area contributed by atoms with E-state index in [1.54, 1.807) is 11.8 Å². The van der Waals surface area contributed by atoms with Crippen molar-refractivity contribution in [1.29, 1.82) is 0 Å². The number of aliphatic hydroxyl groups is 1. The molecule has 0 aromatic rings. The van der Waals surface area contributed by atoms with E-state index in [1.165, 1.54) is 0 Å². The van der Waals surface area contributed by atoms with Gasteiger partial charge in [0.15, 0.2) is 0 Å². The van der Waals surface area contributed by atoms with Gasteiger partial charge in [-0.15, -0.1) is 0 Å². The zero-order chi connectivity index (χ0) is 10.4. The molecule has 0 aliphatic carbocycles. The Labute approximate surface area is 79.2 Å². The maximum atomic E-state index is 10.4. The molecule has 2 N–H and O–H groups in total. The number of aliphatic carboxylic acids is 1. The minimum absolute atomic E-state index is 0.00306. The maximum absolute atomic E-state index is 10.4. The zero-order valence-electron chi connectivity index (χ0n) is 8.53. The first-order chi connectivity index (χ1) is 5.91. The average Bonchev–Trinajstić information content (AvgIpc) is 1.80. The van der Waals surface area contributed by atoms with Crippen LogP contribution in [-0.4, -0.2) is 46.8 Å². The summed E-state index contributed by atoms with van der Waals surface area (Å²) in [6.07, 6.45) is -0.474. The number of carboxylic acid groups (broad SMARTS) is 1. The molecule has 0 rings (SSSR count). The topological polar surface area (TPSA) is 60.8 Å². The molecule has 1 atom stereocenters. The third-order valence-electron chi connectivity index (χ3n) is 1.50. The van der Waals surface area contributed by atoms with Crippen LogP contribution >= 0.6 is 0 Å². The molecule has 0 aliphatic heterocycles. The number of rotatable bonds is 6. The molecule has 0 fully saturated rings. The Morgan fingerprint density at radius 1 is 1.31 bits per heavy atom. The van der Waals surface area contributed by atoms with Gasteiger partial charge in [-0.3, -0.25) is 9.69 Å². The molecule has 78 valence electrons. The molecule has 0 heterocycles. The van der Waals surface area contributed by atoms with Gasteiger partial charge in [-0.2, -0.15) is 0 Å². The van der Waals surface area contributed by atoms with Crippen LogP contribution in [0.3, 0.4) is 0 Å². The molecule has 4 heteroatoms. The van der Waals surface area contributed by atoms with Crippen molar-refractivity contribution < 1.29 is 15.0 Å². The largest absolute Gasteiger partial charge is 0.480 e. The quantitative estimate of drug-likeness (QED) is 0.635. The molecule has 0 saturated carbocycles. The van der Waals surface area contributed by atoms with Gasteiger partial charge in [-0.25, -0.2) is 0 Å². The highest BCUT2D eigenvalue weighted by molar-refractivity contribution is 5.69. The number of hydrogen-bond donors (Lipinski definition) is 2. The lowest BCUT2D eigenvalue weighted by Gasteiger charge is -2.23. The van der Waals surface area contributed by atoms with Crippen molar-refractivity contribution >= 4 is 5.97 Å². The lowest BCUT2D eigenvalue weighted by atomic mass is 10.2. The molecule has 4 nitrogen and oxygen atoms in total. The summed E-state index contributed by atoms with van der Waals surface area (Å²) in [5, 5.41) is 17.7. The highest BCUT2D eigenvalue weighted by Crippen LogP contribution is 1.99. The summed E-state index contributed by atoms with van der Waals surface area (Å²) >= 11 is 0. The maximum Gasteiger partial charge on any atom is 0.317 e. The van der Waals surface area contributed by atoms with Crippen molar-refractivity contribution in [2.24, 2.45) is 5.92 Å². The van der Waals surface area contributed by atoms with Crippen LogP contribution in [0.2, 0.25) is 0 Å². The normalized spacial score (nSPS) is 13.7. The SMILES string of the molecule is CC(C)CN(CC(=O)O)CC(C)O. The Morgan fingerprint density at radius 2 is 1.85 bits per heavy atom. The van der Waals surface area contributed by atoms with Crippen LogP contribution in [-0.2, 0) is 4.79 Å². The Bertz CT molecular complexity index is 147. The first-order valence-electron chi connectivity index (χ1n) is 4.54. The molecule has 0 amide bonds. The second-order valence-corrected chi connectivity index (χ2v) is 3.83. The molecule has 0 bridgehead atoms. The van der Waals surface area contributed by atoms with Gasteiger partial charge in [0.05, 0.1) is 12.6 Å². The van der Waals surface area contributed by atoms with Crippen LogP contribution in [0.1, 0.15) is 20.8 Å². The number of nitrogens with zero attached hydrogens (tertiary/aromatic N) is 1. The zero-order valence-corrected chi connectivity index (χ0v) is 8.53. The van der Waals surface area contributed by atoms with E-state index in [-0.39, 0.29) is 6.54 Å². The first kappa shape index (κ1) is 12.4. The fourth-order valence-electron chi connectivity index (χ4n) is 1.28. The van der Waals surface area contributed by atoms with E-state index in [2.05, 4.69) is 0 Å². The third kappa shape index (κ3) is 7.74. The fraction of sp³-hybridized carbons (Fsp3) is 0.889. The van der Waals surface area contributed by atoms with Crippen molar-refractivity contribution in [3.63, 3.8) is 0 Å². The summed E-state index contributed by atoms with van der Waals surface area (Å²) in [7, 11) is 0. The molecule has 0 spiro atoms. The summed E-state index contributed by atoms with van der Waals surface area (Å²) in [6, 6.07) is 0. The van der Waals surface area contributed by atoms with E-state index >= 15 is 0 Å². The highest BCUT2D eigenvalue weighted by atomic mass is 16.4. The molecule has 0 radical (unpaired) electrons. The second kappa shape index (κ2) is 5.94. The first-order valence-corrected chi connectivity index (χ1v) is 4.54. The summed E-state index contributed by atoms with van der Waals surface area (Å²) in [4.78, 5) is 12.2. The van der Waals surface area contributed by atoms with Gasteiger partial charge >= 0.3 is 5.97 Å². The average molecular weight is 189 g/mol. The van der Waals surface area contributed by atoms with Gasteiger partial charge in [-0.1, -0.05) is 13.8 Å². The predicted octanol–water partition coefficient (Wildman–Crippen LogP) is 0.410. The molecule has 0 aromatic carbocycles. The smallest absolute Gasteiger partial charge is 0.317 e. The van der Waals surface area contributed by atoms with Gasteiger partial charge in [-0.05, 0) is 12.8 Å². The van der Waals surface area contributed by atoms with E-state index in [0.717, 1.165) is 0 Å². The fourth-order valence-corrected chi connectivity index (χ4v) is 1.28. The Kier molecular flexibility index (Phi) is 5.66. The number of carboxylic acids is 1. The number of hydrogen-bond acceptors (Lipinski definition) is 3. The molecule has 0 aromatic heterocycles. The van der Waals surface area contributed by atoms with Crippen molar-refractivity contribution in [3.8, 4) is 0 Å². The van der Waals surface area contributed by atoms with Crippen LogP contribution in [0.15, 0.2) is 0 Å². The molecular formula is C9H19NO3. The second-order valence-electron chi connectivity index (χ2n) is 3.83. The van der Waals surface area contributed by atoms with Gasteiger partial charge in [0.2, 0.25) is 0 Å². The summed E-state index contributed by atoms with van der Waals surface area (Å²) in [5.41, 5.74) is 0. The number of carbonyl (C=O) groups is 1.